The summed E-state index contributed by atoms with van der Waals surface area (Å²) in [7, 11) is 0. The molecule has 0 bridgehead atoms. The zero-order valence-corrected chi connectivity index (χ0v) is 20.7. The molecule has 182 valence electrons. The summed E-state index contributed by atoms with van der Waals surface area (Å²) >= 11 is 0. The van der Waals surface area contributed by atoms with Gasteiger partial charge in [-0.05, 0) is 51.4 Å². The predicted octanol–water partition coefficient (Wildman–Crippen LogP) is 6.90. The molecule has 0 spiro atoms. The monoisotopic (exact) mass is 440 g/mol. The molecule has 5 heteroatoms. The summed E-state index contributed by atoms with van der Waals surface area (Å²) < 4.78 is 17.3. The first-order valence-electron chi connectivity index (χ1n) is 13.1. The standard InChI is InChI=1S/C26H48O5/c1-5-9-11-13-17-21(15-7-3)29-25(27)23-19-20-24(31-23)26(28)30-22(16-8-4)18-14-12-10-6-2/h21-24H,5-20H2,1-4H3. The Kier molecular flexibility index (Phi) is 15.7. The van der Waals surface area contributed by atoms with E-state index >= 15 is 0 Å². The van der Waals surface area contributed by atoms with E-state index in [9.17, 15) is 9.59 Å². The highest BCUT2D eigenvalue weighted by atomic mass is 16.6. The van der Waals surface area contributed by atoms with E-state index in [1.165, 1.54) is 38.5 Å². The summed E-state index contributed by atoms with van der Waals surface area (Å²) in [5, 5.41) is 0. The Bertz CT molecular complexity index is 436. The zero-order chi connectivity index (χ0) is 22.9. The Morgan fingerprint density at radius 1 is 0.645 bits per heavy atom. The van der Waals surface area contributed by atoms with Crippen LogP contribution in [-0.2, 0) is 23.8 Å². The summed E-state index contributed by atoms with van der Waals surface area (Å²) in [6, 6.07) is 0. The van der Waals surface area contributed by atoms with E-state index in [0.717, 1.165) is 51.4 Å². The molecule has 0 aliphatic carbocycles. The number of unbranched alkanes of at least 4 members (excludes halogenated alkanes) is 6. The molecule has 1 aliphatic heterocycles. The Morgan fingerprint density at radius 2 is 1.06 bits per heavy atom. The van der Waals surface area contributed by atoms with Gasteiger partial charge in [0.25, 0.3) is 0 Å². The number of carbonyl (C=O) groups excluding carboxylic acids is 2. The fraction of sp³-hybridized carbons (Fsp3) is 0.923. The molecule has 0 N–H and O–H groups in total. The molecule has 1 rings (SSSR count). The number of esters is 2. The lowest BCUT2D eigenvalue weighted by Gasteiger charge is -2.21. The normalized spacial score (nSPS) is 20.4. The molecule has 5 nitrogen and oxygen atoms in total. The molecule has 0 amide bonds. The largest absolute Gasteiger partial charge is 0.460 e. The minimum atomic E-state index is -0.637. The van der Waals surface area contributed by atoms with Crippen LogP contribution in [-0.4, -0.2) is 36.4 Å². The second-order valence-corrected chi connectivity index (χ2v) is 9.08. The third-order valence-corrected chi connectivity index (χ3v) is 6.09. The van der Waals surface area contributed by atoms with Gasteiger partial charge in [-0.25, -0.2) is 9.59 Å². The first-order valence-corrected chi connectivity index (χ1v) is 13.1. The molecule has 0 saturated carbocycles. The molecule has 0 aromatic carbocycles. The van der Waals surface area contributed by atoms with Crippen molar-refractivity contribution in [2.45, 2.75) is 155 Å². The van der Waals surface area contributed by atoms with Crippen LogP contribution in [0.5, 0.6) is 0 Å². The highest BCUT2D eigenvalue weighted by molar-refractivity contribution is 5.79. The molecule has 0 aromatic rings. The van der Waals surface area contributed by atoms with E-state index in [2.05, 4.69) is 27.7 Å². The van der Waals surface area contributed by atoms with E-state index < -0.39 is 12.2 Å². The molecule has 4 unspecified atom stereocenters. The van der Waals surface area contributed by atoms with Gasteiger partial charge in [-0.15, -0.1) is 0 Å². The number of ether oxygens (including phenoxy) is 3. The highest BCUT2D eigenvalue weighted by Crippen LogP contribution is 2.25. The van der Waals surface area contributed by atoms with E-state index in [0.29, 0.717) is 12.8 Å². The van der Waals surface area contributed by atoms with E-state index in [1.807, 2.05) is 0 Å². The first kappa shape index (κ1) is 27.9. The fourth-order valence-electron chi connectivity index (χ4n) is 4.23. The van der Waals surface area contributed by atoms with E-state index in [1.54, 1.807) is 0 Å². The molecular formula is C26H48O5. The minimum absolute atomic E-state index is 0.0407. The van der Waals surface area contributed by atoms with Gasteiger partial charge in [-0.2, -0.15) is 0 Å². The van der Waals surface area contributed by atoms with Crippen LogP contribution in [0.15, 0.2) is 0 Å². The van der Waals surface area contributed by atoms with Crippen molar-refractivity contribution in [1.82, 2.24) is 0 Å². The number of rotatable bonds is 18. The van der Waals surface area contributed by atoms with Crippen molar-refractivity contribution in [3.63, 3.8) is 0 Å². The second kappa shape index (κ2) is 17.5. The number of hydrogen-bond acceptors (Lipinski definition) is 5. The maximum absolute atomic E-state index is 12.6. The molecule has 31 heavy (non-hydrogen) atoms. The lowest BCUT2D eigenvalue weighted by molar-refractivity contribution is -0.171. The van der Waals surface area contributed by atoms with E-state index in [-0.39, 0.29) is 24.1 Å². The van der Waals surface area contributed by atoms with Gasteiger partial charge < -0.3 is 14.2 Å². The highest BCUT2D eigenvalue weighted by Gasteiger charge is 2.38. The Balaban J connectivity index is 2.44. The Labute approximate surface area is 191 Å². The average molecular weight is 441 g/mol. The second-order valence-electron chi connectivity index (χ2n) is 9.08. The van der Waals surface area contributed by atoms with Crippen molar-refractivity contribution in [2.75, 3.05) is 0 Å². The topological polar surface area (TPSA) is 61.8 Å². The van der Waals surface area contributed by atoms with Crippen LogP contribution in [0, 0.1) is 0 Å². The van der Waals surface area contributed by atoms with Crippen LogP contribution in [0.2, 0.25) is 0 Å². The molecule has 1 heterocycles. The van der Waals surface area contributed by atoms with Crippen molar-refractivity contribution >= 4 is 11.9 Å². The molecular weight excluding hydrogens is 392 g/mol. The minimum Gasteiger partial charge on any atom is -0.460 e. The molecule has 0 aromatic heterocycles. The Morgan fingerprint density at radius 3 is 1.42 bits per heavy atom. The quantitative estimate of drug-likeness (QED) is 0.171. The van der Waals surface area contributed by atoms with Crippen LogP contribution in [0.25, 0.3) is 0 Å². The number of hydrogen-bond donors (Lipinski definition) is 0. The number of carbonyl (C=O) groups is 2. The van der Waals surface area contributed by atoms with Gasteiger partial charge in [0.05, 0.1) is 0 Å². The summed E-state index contributed by atoms with van der Waals surface area (Å²) in [5.41, 5.74) is 0. The van der Waals surface area contributed by atoms with Gasteiger partial charge in [0, 0.05) is 0 Å². The van der Waals surface area contributed by atoms with Gasteiger partial charge in [-0.3, -0.25) is 0 Å². The maximum atomic E-state index is 12.6. The third-order valence-electron chi connectivity index (χ3n) is 6.09. The summed E-state index contributed by atoms with van der Waals surface area (Å²) in [6.07, 6.45) is 14.6. The van der Waals surface area contributed by atoms with Crippen molar-refractivity contribution in [3.8, 4) is 0 Å². The molecule has 1 fully saturated rings. The van der Waals surface area contributed by atoms with Gasteiger partial charge in [0.2, 0.25) is 0 Å². The maximum Gasteiger partial charge on any atom is 0.335 e. The lowest BCUT2D eigenvalue weighted by Crippen LogP contribution is -2.32. The van der Waals surface area contributed by atoms with Crippen molar-refractivity contribution in [1.29, 1.82) is 0 Å². The van der Waals surface area contributed by atoms with Gasteiger partial charge >= 0.3 is 11.9 Å². The van der Waals surface area contributed by atoms with Crippen molar-refractivity contribution in [2.24, 2.45) is 0 Å². The lowest BCUT2D eigenvalue weighted by atomic mass is 10.1. The molecule has 1 saturated heterocycles. The van der Waals surface area contributed by atoms with Gasteiger partial charge in [0.1, 0.15) is 12.2 Å². The van der Waals surface area contributed by atoms with Crippen LogP contribution in [0.3, 0.4) is 0 Å². The average Bonchev–Trinajstić information content (AvgIpc) is 3.25. The smallest absolute Gasteiger partial charge is 0.335 e. The first-order chi connectivity index (χ1) is 15.0. The van der Waals surface area contributed by atoms with Crippen molar-refractivity contribution < 1.29 is 23.8 Å². The van der Waals surface area contributed by atoms with Gasteiger partial charge in [-0.1, -0.05) is 79.1 Å². The van der Waals surface area contributed by atoms with Crippen molar-refractivity contribution in [3.05, 3.63) is 0 Å². The summed E-state index contributed by atoms with van der Waals surface area (Å²) in [5.74, 6) is -0.622. The molecule has 4 atom stereocenters. The molecule has 0 radical (unpaired) electrons. The Hall–Kier alpha value is -1.10. The molecule has 1 aliphatic rings. The SMILES string of the molecule is CCCCCCC(CCC)OC(=O)C1CCC(C(=O)OC(CCC)CCCCCC)O1. The third kappa shape index (κ3) is 11.9. The van der Waals surface area contributed by atoms with E-state index in [4.69, 9.17) is 14.2 Å². The fourth-order valence-corrected chi connectivity index (χ4v) is 4.23. The summed E-state index contributed by atoms with van der Waals surface area (Å²) in [6.45, 7) is 8.61. The predicted molar refractivity (Wildman–Crippen MR) is 125 cm³/mol. The zero-order valence-electron chi connectivity index (χ0n) is 20.7. The van der Waals surface area contributed by atoms with Crippen LogP contribution in [0.1, 0.15) is 130 Å². The summed E-state index contributed by atoms with van der Waals surface area (Å²) in [4.78, 5) is 25.2. The van der Waals surface area contributed by atoms with Crippen LogP contribution >= 0.6 is 0 Å². The van der Waals surface area contributed by atoms with Crippen LogP contribution in [0.4, 0.5) is 0 Å². The van der Waals surface area contributed by atoms with Gasteiger partial charge in [0.15, 0.2) is 12.2 Å². The van der Waals surface area contributed by atoms with Crippen LogP contribution < -0.4 is 0 Å².